The topological polar surface area (TPSA) is 64.8 Å². The highest BCUT2D eigenvalue weighted by atomic mass is 19.3. The first-order valence-corrected chi connectivity index (χ1v) is 7.70. The fourth-order valence-corrected chi connectivity index (χ4v) is 2.74. The van der Waals surface area contributed by atoms with E-state index in [2.05, 4.69) is 10.3 Å². The second kappa shape index (κ2) is 5.83. The van der Waals surface area contributed by atoms with Crippen molar-refractivity contribution in [3.8, 4) is 5.75 Å². The van der Waals surface area contributed by atoms with E-state index in [9.17, 15) is 19.0 Å². The van der Waals surface area contributed by atoms with E-state index >= 15 is 0 Å². The molecule has 120 valence electrons. The highest BCUT2D eigenvalue weighted by Gasteiger charge is 2.41. The van der Waals surface area contributed by atoms with Crippen LogP contribution < -0.4 is 5.32 Å². The lowest BCUT2D eigenvalue weighted by Gasteiger charge is -2.28. The summed E-state index contributed by atoms with van der Waals surface area (Å²) in [5.41, 5.74) is 0.105. The molecule has 0 bridgehead atoms. The maximum Gasteiger partial charge on any atom is 0.290 e. The van der Waals surface area contributed by atoms with Crippen molar-refractivity contribution in [3.63, 3.8) is 0 Å². The molecule has 1 saturated carbocycles. The first kappa shape index (κ1) is 15.2. The highest BCUT2D eigenvalue weighted by Crippen LogP contribution is 2.38. The van der Waals surface area contributed by atoms with Crippen molar-refractivity contribution in [1.82, 2.24) is 0 Å². The Kier molecular flexibility index (Phi) is 4.04. The molecular weight excluding hydrogens is 290 g/mol. The number of aliphatic hydroxyl groups excluding tert-OH is 1. The van der Waals surface area contributed by atoms with Crippen LogP contribution in [0.5, 0.6) is 5.75 Å². The van der Waals surface area contributed by atoms with Crippen molar-refractivity contribution >= 4 is 17.1 Å². The van der Waals surface area contributed by atoms with Gasteiger partial charge in [0.05, 0.1) is 11.4 Å². The number of benzene rings is 1. The maximum absolute atomic E-state index is 14.3. The molecule has 0 spiro atoms. The molecule has 1 aromatic rings. The third kappa shape index (κ3) is 3.38. The lowest BCUT2D eigenvalue weighted by molar-refractivity contribution is 0.0530. The van der Waals surface area contributed by atoms with E-state index in [1.54, 1.807) is 0 Å². The number of rotatable bonds is 6. The molecule has 1 atom stereocenters. The molecule has 0 amide bonds. The van der Waals surface area contributed by atoms with Crippen LogP contribution in [0.2, 0.25) is 0 Å². The van der Waals surface area contributed by atoms with E-state index in [0.717, 1.165) is 18.8 Å². The van der Waals surface area contributed by atoms with Crippen LogP contribution in [-0.4, -0.2) is 28.1 Å². The van der Waals surface area contributed by atoms with E-state index in [4.69, 9.17) is 0 Å². The van der Waals surface area contributed by atoms with Gasteiger partial charge in [0.1, 0.15) is 11.5 Å². The van der Waals surface area contributed by atoms with Gasteiger partial charge in [-0.1, -0.05) is 25.7 Å². The molecular formula is C16H20F2N2O2. The minimum absolute atomic E-state index is 0.0102. The van der Waals surface area contributed by atoms with Crippen LogP contribution in [0.25, 0.3) is 0 Å². The number of fused-ring (bicyclic) bond motifs is 1. The SMILES string of the molecule is Oc1ccc2c(c1)NC(O)C(C(F)(F)CCCCC1CC1)=N2. The van der Waals surface area contributed by atoms with E-state index in [0.29, 0.717) is 17.8 Å². The van der Waals surface area contributed by atoms with Crippen molar-refractivity contribution in [2.24, 2.45) is 10.9 Å². The number of anilines is 1. The van der Waals surface area contributed by atoms with Gasteiger partial charge in [-0.25, -0.2) is 4.99 Å². The van der Waals surface area contributed by atoms with Crippen LogP contribution in [0, 0.1) is 5.92 Å². The quantitative estimate of drug-likeness (QED) is 0.700. The number of aliphatic hydroxyl groups is 1. The zero-order chi connectivity index (χ0) is 15.7. The van der Waals surface area contributed by atoms with Crippen molar-refractivity contribution in [2.45, 2.75) is 50.7 Å². The minimum atomic E-state index is -3.13. The molecule has 6 heteroatoms. The summed E-state index contributed by atoms with van der Waals surface area (Å²) in [6, 6.07) is 4.19. The van der Waals surface area contributed by atoms with Gasteiger partial charge in [0.2, 0.25) is 0 Å². The molecule has 0 saturated heterocycles. The number of hydrogen-bond donors (Lipinski definition) is 3. The average molecular weight is 310 g/mol. The summed E-state index contributed by atoms with van der Waals surface area (Å²) in [4.78, 5) is 3.91. The predicted octanol–water partition coefficient (Wildman–Crippen LogP) is 3.81. The molecule has 2 aliphatic rings. The molecule has 0 aromatic heterocycles. The molecule has 1 aromatic carbocycles. The molecule has 22 heavy (non-hydrogen) atoms. The molecule has 1 heterocycles. The predicted molar refractivity (Wildman–Crippen MR) is 81.0 cm³/mol. The van der Waals surface area contributed by atoms with Crippen LogP contribution in [0.15, 0.2) is 23.2 Å². The van der Waals surface area contributed by atoms with E-state index < -0.39 is 17.9 Å². The molecule has 1 aliphatic heterocycles. The molecule has 1 unspecified atom stereocenters. The number of aromatic hydroxyl groups is 1. The number of nitrogens with zero attached hydrogens (tertiary/aromatic N) is 1. The Hall–Kier alpha value is -1.69. The fourth-order valence-electron chi connectivity index (χ4n) is 2.74. The molecule has 0 radical (unpaired) electrons. The smallest absolute Gasteiger partial charge is 0.290 e. The van der Waals surface area contributed by atoms with Crippen LogP contribution >= 0.6 is 0 Å². The Morgan fingerprint density at radius 2 is 2.05 bits per heavy atom. The van der Waals surface area contributed by atoms with Gasteiger partial charge in [-0.05, 0) is 24.5 Å². The number of phenols is 1. The van der Waals surface area contributed by atoms with Crippen molar-refractivity contribution in [1.29, 1.82) is 0 Å². The monoisotopic (exact) mass is 310 g/mol. The van der Waals surface area contributed by atoms with Gasteiger partial charge >= 0.3 is 0 Å². The van der Waals surface area contributed by atoms with E-state index in [-0.39, 0.29) is 12.2 Å². The second-order valence-corrected chi connectivity index (χ2v) is 6.14. The second-order valence-electron chi connectivity index (χ2n) is 6.14. The Morgan fingerprint density at radius 1 is 1.27 bits per heavy atom. The van der Waals surface area contributed by atoms with Gasteiger partial charge in [0.15, 0.2) is 6.23 Å². The first-order valence-electron chi connectivity index (χ1n) is 7.70. The summed E-state index contributed by atoms with van der Waals surface area (Å²) in [6.45, 7) is 0. The summed E-state index contributed by atoms with van der Waals surface area (Å²) >= 11 is 0. The Bertz CT molecular complexity index is 586. The summed E-state index contributed by atoms with van der Waals surface area (Å²) < 4.78 is 28.6. The average Bonchev–Trinajstić information content (AvgIpc) is 3.26. The zero-order valence-electron chi connectivity index (χ0n) is 12.2. The van der Waals surface area contributed by atoms with Gasteiger partial charge < -0.3 is 15.5 Å². The van der Waals surface area contributed by atoms with Gasteiger partial charge in [-0.3, -0.25) is 0 Å². The fraction of sp³-hybridized carbons (Fsp3) is 0.562. The summed E-state index contributed by atoms with van der Waals surface area (Å²) in [5.74, 6) is -2.40. The summed E-state index contributed by atoms with van der Waals surface area (Å²) in [7, 11) is 0. The number of hydrogen-bond acceptors (Lipinski definition) is 4. The number of unbranched alkanes of at least 4 members (excludes halogenated alkanes) is 1. The largest absolute Gasteiger partial charge is 0.508 e. The lowest BCUT2D eigenvalue weighted by Crippen LogP contribution is -2.43. The van der Waals surface area contributed by atoms with Gasteiger partial charge in [0, 0.05) is 12.5 Å². The number of halogens is 2. The molecule has 1 aliphatic carbocycles. The van der Waals surface area contributed by atoms with Crippen LogP contribution in [0.4, 0.5) is 20.2 Å². The standard InChI is InChI=1S/C16H20F2N2O2/c17-16(18,8-2-1-3-10-4-5-10)14-15(22)20-13-9-11(21)6-7-12(13)19-14/h6-7,9-10,15,20-22H,1-5,8H2. The number of nitrogens with one attached hydrogen (secondary N) is 1. The number of aliphatic imine (C=N–C) groups is 1. The lowest BCUT2D eigenvalue weighted by atomic mass is 10.0. The maximum atomic E-state index is 14.3. The van der Waals surface area contributed by atoms with Crippen LogP contribution in [0.3, 0.4) is 0 Å². The number of phenolic OH excluding ortho intramolecular Hbond substituents is 1. The van der Waals surface area contributed by atoms with Crippen molar-refractivity contribution in [2.75, 3.05) is 5.32 Å². The third-order valence-corrected chi connectivity index (χ3v) is 4.20. The molecule has 4 nitrogen and oxygen atoms in total. The Balaban J connectivity index is 1.69. The van der Waals surface area contributed by atoms with Crippen LogP contribution in [0.1, 0.15) is 38.5 Å². The Morgan fingerprint density at radius 3 is 2.77 bits per heavy atom. The first-order chi connectivity index (χ1) is 10.5. The van der Waals surface area contributed by atoms with Gasteiger partial charge in [0.25, 0.3) is 5.92 Å². The number of alkyl halides is 2. The van der Waals surface area contributed by atoms with E-state index in [1.807, 2.05) is 0 Å². The third-order valence-electron chi connectivity index (χ3n) is 4.20. The van der Waals surface area contributed by atoms with E-state index in [1.165, 1.54) is 31.0 Å². The normalized spacial score (nSPS) is 21.0. The molecule has 3 N–H and O–H groups in total. The van der Waals surface area contributed by atoms with Crippen molar-refractivity contribution in [3.05, 3.63) is 18.2 Å². The van der Waals surface area contributed by atoms with Crippen molar-refractivity contribution < 1.29 is 19.0 Å². The minimum Gasteiger partial charge on any atom is -0.508 e. The molecule has 3 rings (SSSR count). The van der Waals surface area contributed by atoms with Gasteiger partial charge in [-0.15, -0.1) is 0 Å². The summed E-state index contributed by atoms with van der Waals surface area (Å²) in [5, 5.41) is 21.8. The molecule has 1 fully saturated rings. The Labute approximate surface area is 127 Å². The van der Waals surface area contributed by atoms with Crippen LogP contribution in [-0.2, 0) is 0 Å². The highest BCUT2D eigenvalue weighted by molar-refractivity contribution is 6.01. The summed E-state index contributed by atoms with van der Waals surface area (Å²) in [6.07, 6.45) is 2.87. The zero-order valence-corrected chi connectivity index (χ0v) is 12.2. The van der Waals surface area contributed by atoms with Gasteiger partial charge in [-0.2, -0.15) is 8.78 Å².